The predicted molar refractivity (Wildman–Crippen MR) is 92.1 cm³/mol. The van der Waals surface area contributed by atoms with Gasteiger partial charge in [0.15, 0.2) is 0 Å². The smallest absolute Gasteiger partial charge is 0.356 e. The summed E-state index contributed by atoms with van der Waals surface area (Å²) in [6.07, 6.45) is -1.77. The second-order valence-electron chi connectivity index (χ2n) is 6.70. The van der Waals surface area contributed by atoms with Crippen LogP contribution in [-0.2, 0) is 17.4 Å². The van der Waals surface area contributed by atoms with Gasteiger partial charge >= 0.3 is 6.18 Å². The molecule has 1 saturated heterocycles. The monoisotopic (exact) mass is 361 g/mol. The van der Waals surface area contributed by atoms with Crippen LogP contribution in [0.25, 0.3) is 0 Å². The van der Waals surface area contributed by atoms with Crippen LogP contribution >= 0.6 is 0 Å². The lowest BCUT2D eigenvalue weighted by Gasteiger charge is -2.22. The van der Waals surface area contributed by atoms with Crippen molar-refractivity contribution in [2.75, 3.05) is 29.4 Å². The van der Waals surface area contributed by atoms with Crippen molar-refractivity contribution in [1.29, 1.82) is 0 Å². The Morgan fingerprint density at radius 1 is 1.15 bits per heavy atom. The van der Waals surface area contributed by atoms with Gasteiger partial charge in [-0.25, -0.2) is 4.98 Å². The van der Waals surface area contributed by atoms with Gasteiger partial charge in [0.2, 0.25) is 5.91 Å². The van der Waals surface area contributed by atoms with E-state index in [4.69, 9.17) is 0 Å². The molecule has 1 aromatic carbocycles. The molecule has 0 aliphatic carbocycles. The van der Waals surface area contributed by atoms with E-state index in [1.165, 1.54) is 6.20 Å². The maximum Gasteiger partial charge on any atom is 0.416 e. The van der Waals surface area contributed by atoms with Gasteiger partial charge in [-0.05, 0) is 36.6 Å². The molecule has 2 aliphatic rings. The SMILES string of the molecule is O=C(C1CCN(c2cc(C(F)(F)F)ccn2)C1)N1CCc2ccccc21. The number of halogens is 3. The number of para-hydroxylation sites is 1. The number of aromatic nitrogens is 1. The molecule has 3 heterocycles. The molecule has 0 bridgehead atoms. The summed E-state index contributed by atoms with van der Waals surface area (Å²) < 4.78 is 38.7. The van der Waals surface area contributed by atoms with Crippen LogP contribution in [0.5, 0.6) is 0 Å². The molecule has 0 spiro atoms. The van der Waals surface area contributed by atoms with Crippen LogP contribution in [0.3, 0.4) is 0 Å². The number of carbonyl (C=O) groups excluding carboxylic acids is 1. The fourth-order valence-corrected chi connectivity index (χ4v) is 3.73. The van der Waals surface area contributed by atoms with Crippen molar-refractivity contribution in [1.82, 2.24) is 4.98 Å². The minimum Gasteiger partial charge on any atom is -0.356 e. The Morgan fingerprint density at radius 3 is 2.77 bits per heavy atom. The lowest BCUT2D eigenvalue weighted by atomic mass is 10.1. The molecule has 0 N–H and O–H groups in total. The molecular formula is C19H18F3N3O. The van der Waals surface area contributed by atoms with Crippen molar-refractivity contribution in [3.8, 4) is 0 Å². The Balaban J connectivity index is 1.49. The third kappa shape index (κ3) is 3.02. The molecule has 7 heteroatoms. The number of carbonyl (C=O) groups is 1. The van der Waals surface area contributed by atoms with Crippen molar-refractivity contribution < 1.29 is 18.0 Å². The Bertz CT molecular complexity index is 837. The van der Waals surface area contributed by atoms with E-state index in [9.17, 15) is 18.0 Å². The van der Waals surface area contributed by atoms with Crippen LogP contribution in [0, 0.1) is 5.92 Å². The third-order valence-corrected chi connectivity index (χ3v) is 5.09. The summed E-state index contributed by atoms with van der Waals surface area (Å²) in [5.74, 6) is 0.0962. The van der Waals surface area contributed by atoms with Crippen molar-refractivity contribution in [2.24, 2.45) is 5.92 Å². The molecule has 26 heavy (non-hydrogen) atoms. The van der Waals surface area contributed by atoms with Crippen molar-refractivity contribution in [3.05, 3.63) is 53.7 Å². The lowest BCUT2D eigenvalue weighted by Crippen LogP contribution is -2.36. The minimum absolute atomic E-state index is 0.0458. The first-order chi connectivity index (χ1) is 12.4. The zero-order valence-corrected chi connectivity index (χ0v) is 14.0. The summed E-state index contributed by atoms with van der Waals surface area (Å²) in [6, 6.07) is 9.86. The predicted octanol–water partition coefficient (Wildman–Crippen LogP) is 3.52. The highest BCUT2D eigenvalue weighted by molar-refractivity contribution is 5.97. The highest BCUT2D eigenvalue weighted by Crippen LogP contribution is 2.34. The first kappa shape index (κ1) is 16.9. The fraction of sp³-hybridized carbons (Fsp3) is 0.368. The average molecular weight is 361 g/mol. The Morgan fingerprint density at radius 2 is 1.96 bits per heavy atom. The quantitative estimate of drug-likeness (QED) is 0.821. The summed E-state index contributed by atoms with van der Waals surface area (Å²) >= 11 is 0. The fourth-order valence-electron chi connectivity index (χ4n) is 3.73. The van der Waals surface area contributed by atoms with Crippen LogP contribution in [0.4, 0.5) is 24.7 Å². The maximum atomic E-state index is 12.9. The molecule has 4 nitrogen and oxygen atoms in total. The van der Waals surface area contributed by atoms with E-state index in [1.807, 2.05) is 29.2 Å². The topological polar surface area (TPSA) is 36.4 Å². The van der Waals surface area contributed by atoms with Gasteiger partial charge in [0.05, 0.1) is 11.5 Å². The molecule has 1 atom stereocenters. The van der Waals surface area contributed by atoms with Crippen LogP contribution in [-0.4, -0.2) is 30.5 Å². The summed E-state index contributed by atoms with van der Waals surface area (Å²) in [7, 11) is 0. The van der Waals surface area contributed by atoms with Crippen LogP contribution in [0.2, 0.25) is 0 Å². The number of amides is 1. The normalized spacial score (nSPS) is 19.7. The number of anilines is 2. The molecule has 0 radical (unpaired) electrons. The first-order valence-electron chi connectivity index (χ1n) is 8.61. The van der Waals surface area contributed by atoms with Gasteiger partial charge < -0.3 is 9.80 Å². The Kier molecular flexibility index (Phi) is 4.09. The zero-order valence-electron chi connectivity index (χ0n) is 14.0. The Labute approximate surface area is 149 Å². The summed E-state index contributed by atoms with van der Waals surface area (Å²) in [5, 5.41) is 0. The van der Waals surface area contributed by atoms with Crippen LogP contribution in [0.15, 0.2) is 42.6 Å². The minimum atomic E-state index is -4.40. The largest absolute Gasteiger partial charge is 0.416 e. The number of pyridine rings is 1. The number of hydrogen-bond acceptors (Lipinski definition) is 3. The molecule has 4 rings (SSSR count). The second-order valence-corrected chi connectivity index (χ2v) is 6.70. The summed E-state index contributed by atoms with van der Waals surface area (Å²) in [5.41, 5.74) is 1.40. The highest BCUT2D eigenvalue weighted by Gasteiger charge is 2.36. The van der Waals surface area contributed by atoms with Crippen LogP contribution in [0.1, 0.15) is 17.5 Å². The number of benzene rings is 1. The average Bonchev–Trinajstić information content (AvgIpc) is 3.28. The molecule has 136 valence electrons. The van der Waals surface area contributed by atoms with E-state index < -0.39 is 11.7 Å². The van der Waals surface area contributed by atoms with Gasteiger partial charge in [0.1, 0.15) is 5.82 Å². The van der Waals surface area contributed by atoms with Crippen molar-refractivity contribution in [3.63, 3.8) is 0 Å². The van der Waals surface area contributed by atoms with Gasteiger partial charge in [-0.3, -0.25) is 4.79 Å². The number of hydrogen-bond donors (Lipinski definition) is 0. The second kappa shape index (κ2) is 6.30. The molecule has 1 amide bonds. The molecule has 2 aliphatic heterocycles. The molecule has 0 saturated carbocycles. The van der Waals surface area contributed by atoms with Crippen LogP contribution < -0.4 is 9.80 Å². The zero-order chi connectivity index (χ0) is 18.3. The number of rotatable bonds is 2. The molecule has 1 aromatic heterocycles. The van der Waals surface area contributed by atoms with Crippen molar-refractivity contribution in [2.45, 2.75) is 19.0 Å². The highest BCUT2D eigenvalue weighted by atomic mass is 19.4. The molecular weight excluding hydrogens is 343 g/mol. The summed E-state index contributed by atoms with van der Waals surface area (Å²) in [4.78, 5) is 20.5. The maximum absolute atomic E-state index is 12.9. The van der Waals surface area contributed by atoms with Gasteiger partial charge in [-0.15, -0.1) is 0 Å². The van der Waals surface area contributed by atoms with Gasteiger partial charge in [0.25, 0.3) is 0 Å². The van der Waals surface area contributed by atoms with Gasteiger partial charge in [0, 0.05) is 31.5 Å². The Hall–Kier alpha value is -2.57. The van der Waals surface area contributed by atoms with Gasteiger partial charge in [-0.1, -0.05) is 18.2 Å². The van der Waals surface area contributed by atoms with E-state index in [2.05, 4.69) is 4.98 Å². The van der Waals surface area contributed by atoms with Gasteiger partial charge in [-0.2, -0.15) is 13.2 Å². The summed E-state index contributed by atoms with van der Waals surface area (Å²) in [6.45, 7) is 1.59. The number of alkyl halides is 3. The number of fused-ring (bicyclic) bond motifs is 1. The number of nitrogens with zero attached hydrogens (tertiary/aromatic N) is 3. The third-order valence-electron chi connectivity index (χ3n) is 5.09. The standard InChI is InChI=1S/C19H18F3N3O/c20-19(21,22)15-5-8-23-17(11-15)24-9-6-14(12-24)18(26)25-10-7-13-3-1-2-4-16(13)25/h1-5,8,11,14H,6-7,9-10,12H2. The van der Waals surface area contributed by atoms with E-state index in [1.54, 1.807) is 4.90 Å². The molecule has 1 fully saturated rings. The van der Waals surface area contributed by atoms with E-state index in [0.29, 0.717) is 26.1 Å². The molecule has 1 unspecified atom stereocenters. The van der Waals surface area contributed by atoms with E-state index >= 15 is 0 Å². The van der Waals surface area contributed by atoms with E-state index in [-0.39, 0.29) is 17.6 Å². The first-order valence-corrected chi connectivity index (χ1v) is 8.61. The lowest BCUT2D eigenvalue weighted by molar-refractivity contribution is -0.137. The van der Waals surface area contributed by atoms with Crippen molar-refractivity contribution >= 4 is 17.4 Å². The molecule has 2 aromatic rings. The van der Waals surface area contributed by atoms with E-state index in [0.717, 1.165) is 29.8 Å².